The van der Waals surface area contributed by atoms with E-state index in [1.807, 2.05) is 74.7 Å². The Morgan fingerprint density at radius 3 is 2.67 bits per heavy atom. The molecule has 2 aliphatic rings. The van der Waals surface area contributed by atoms with Gasteiger partial charge in [-0.25, -0.2) is 0 Å². The van der Waals surface area contributed by atoms with Crippen molar-refractivity contribution in [3.05, 3.63) is 87.8 Å². The first-order chi connectivity index (χ1) is 18.6. The maximum absolute atomic E-state index is 14.1. The van der Waals surface area contributed by atoms with Crippen LogP contribution in [0.1, 0.15) is 36.1 Å². The Kier molecular flexibility index (Phi) is 7.86. The molecule has 39 heavy (non-hydrogen) atoms. The molecule has 1 saturated heterocycles. The van der Waals surface area contributed by atoms with E-state index < -0.39 is 13.9 Å². The second-order valence-electron chi connectivity index (χ2n) is 11.1. The van der Waals surface area contributed by atoms with Crippen LogP contribution in [-0.4, -0.2) is 58.4 Å². The average molecular weight is 659 g/mol. The molecule has 1 amide bonds. The Labute approximate surface area is 244 Å². The van der Waals surface area contributed by atoms with Crippen molar-refractivity contribution in [3.63, 3.8) is 0 Å². The lowest BCUT2D eigenvalue weighted by Crippen LogP contribution is -2.46. The van der Waals surface area contributed by atoms with Crippen LogP contribution in [0.25, 0.3) is 0 Å². The molecule has 0 aliphatic carbocycles. The molecule has 0 radical (unpaired) electrons. The van der Waals surface area contributed by atoms with Gasteiger partial charge in [0.05, 0.1) is 30.0 Å². The second kappa shape index (κ2) is 10.9. The van der Waals surface area contributed by atoms with Crippen molar-refractivity contribution >= 4 is 42.5 Å². The maximum atomic E-state index is 14.1. The second-order valence-corrected chi connectivity index (χ2v) is 16.3. The van der Waals surface area contributed by atoms with Gasteiger partial charge in [-0.3, -0.25) is 9.48 Å². The number of anilines is 1. The standard InChI is InChI=1S/C29H35IN4O4Si/c1-5-14-34-25-12-11-21(30)16-23(25)29(28(34)36)19(2)27(39(3,4)37)26(38-29)13-15-33-17-24(31-32-33)22(18-35)20-9-7-6-8-10-20/h5-12,16-17,19,22,26-27,35,37H,1,13-15,18H2,2-4H3/t19-,22?,26+,27-,29+/m1/s1. The van der Waals surface area contributed by atoms with Gasteiger partial charge in [-0.15, -0.1) is 11.7 Å². The van der Waals surface area contributed by atoms with Crippen molar-refractivity contribution in [2.75, 3.05) is 18.1 Å². The Hall–Kier alpha value is -2.38. The fraction of sp³-hybridized carbons (Fsp3) is 0.414. The fourth-order valence-electron chi connectivity index (χ4n) is 6.53. The van der Waals surface area contributed by atoms with Gasteiger partial charge < -0.3 is 19.5 Å². The molecular formula is C29H35IN4O4Si. The van der Waals surface area contributed by atoms with Gasteiger partial charge in [-0.1, -0.05) is 48.5 Å². The Morgan fingerprint density at radius 2 is 2.00 bits per heavy atom. The number of aryl methyl sites for hydroxylation is 1. The Morgan fingerprint density at radius 1 is 1.26 bits per heavy atom. The number of benzene rings is 2. The largest absolute Gasteiger partial charge is 0.432 e. The first kappa shape index (κ1) is 28.2. The molecule has 10 heteroatoms. The van der Waals surface area contributed by atoms with Gasteiger partial charge >= 0.3 is 0 Å². The maximum Gasteiger partial charge on any atom is 0.264 e. The molecule has 206 valence electrons. The zero-order valence-electron chi connectivity index (χ0n) is 22.5. The summed E-state index contributed by atoms with van der Waals surface area (Å²) in [7, 11) is -2.75. The molecule has 8 nitrogen and oxygen atoms in total. The normalized spacial score (nSPS) is 25.3. The molecule has 1 unspecified atom stereocenters. The molecule has 0 saturated carbocycles. The minimum absolute atomic E-state index is 0.0671. The Bertz CT molecular complexity index is 1360. The fourth-order valence-corrected chi connectivity index (χ4v) is 9.62. The summed E-state index contributed by atoms with van der Waals surface area (Å²) in [5.41, 5.74) is 2.09. The molecule has 5 atom stereocenters. The first-order valence-electron chi connectivity index (χ1n) is 13.3. The monoisotopic (exact) mass is 658 g/mol. The number of aliphatic hydroxyl groups is 1. The number of hydrogen-bond acceptors (Lipinski definition) is 6. The molecule has 1 fully saturated rings. The van der Waals surface area contributed by atoms with Crippen molar-refractivity contribution < 1.29 is 19.4 Å². The third-order valence-corrected chi connectivity index (χ3v) is 11.4. The van der Waals surface area contributed by atoms with Gasteiger partial charge in [0.2, 0.25) is 0 Å². The summed E-state index contributed by atoms with van der Waals surface area (Å²) >= 11 is 2.27. The van der Waals surface area contributed by atoms with Crippen LogP contribution in [-0.2, 0) is 21.7 Å². The molecule has 1 aromatic heterocycles. The number of nitrogens with zero attached hydrogens (tertiary/aromatic N) is 4. The number of halogens is 1. The lowest BCUT2D eigenvalue weighted by molar-refractivity contribution is -0.145. The summed E-state index contributed by atoms with van der Waals surface area (Å²) < 4.78 is 9.64. The summed E-state index contributed by atoms with van der Waals surface area (Å²) in [5.74, 6) is -0.556. The third kappa shape index (κ3) is 4.90. The average Bonchev–Trinajstić information content (AvgIpc) is 3.55. The van der Waals surface area contributed by atoms with Crippen molar-refractivity contribution in [3.8, 4) is 0 Å². The minimum atomic E-state index is -2.75. The number of aliphatic hydroxyl groups excluding tert-OH is 1. The molecule has 2 aromatic carbocycles. The SMILES string of the molecule is C=CCN1C(=O)[C@@]2(O[C@@H](CCn3cc(C(CO)c4ccccc4)nn3)[C@H]([Si](C)(C)O)[C@H]2C)c2cc(I)ccc21. The molecule has 5 rings (SSSR count). The van der Waals surface area contributed by atoms with Gasteiger partial charge in [-0.2, -0.15) is 0 Å². The first-order valence-corrected chi connectivity index (χ1v) is 17.4. The Balaban J connectivity index is 1.43. The van der Waals surface area contributed by atoms with Crippen LogP contribution in [0.4, 0.5) is 5.69 Å². The summed E-state index contributed by atoms with van der Waals surface area (Å²) in [4.78, 5) is 27.3. The van der Waals surface area contributed by atoms with Crippen LogP contribution in [0.15, 0.2) is 67.4 Å². The predicted octanol–water partition coefficient (Wildman–Crippen LogP) is 4.43. The summed E-state index contributed by atoms with van der Waals surface area (Å²) in [6.45, 7) is 10.6. The minimum Gasteiger partial charge on any atom is -0.432 e. The van der Waals surface area contributed by atoms with E-state index in [0.717, 1.165) is 20.4 Å². The van der Waals surface area contributed by atoms with Crippen LogP contribution < -0.4 is 4.90 Å². The molecule has 3 heterocycles. The highest BCUT2D eigenvalue weighted by Gasteiger charge is 2.66. The number of ether oxygens (including phenoxy) is 1. The number of hydrogen-bond donors (Lipinski definition) is 2. The van der Waals surface area contributed by atoms with Crippen LogP contribution in [0.5, 0.6) is 0 Å². The third-order valence-electron chi connectivity index (χ3n) is 8.20. The highest BCUT2D eigenvalue weighted by molar-refractivity contribution is 14.1. The number of fused-ring (bicyclic) bond motifs is 2. The molecule has 3 aromatic rings. The number of rotatable bonds is 9. The summed E-state index contributed by atoms with van der Waals surface area (Å²) in [5, 5.41) is 18.7. The van der Waals surface area contributed by atoms with Crippen molar-refractivity contribution in [1.82, 2.24) is 15.0 Å². The van der Waals surface area contributed by atoms with E-state index >= 15 is 0 Å². The summed E-state index contributed by atoms with van der Waals surface area (Å²) in [6, 6.07) is 15.8. The highest BCUT2D eigenvalue weighted by Crippen LogP contribution is 2.59. The van der Waals surface area contributed by atoms with Crippen LogP contribution >= 0.6 is 22.6 Å². The van der Waals surface area contributed by atoms with Gasteiger partial charge in [-0.05, 0) is 65.9 Å². The van der Waals surface area contributed by atoms with Gasteiger partial charge in [0, 0.05) is 39.9 Å². The van der Waals surface area contributed by atoms with E-state index in [2.05, 4.69) is 39.5 Å². The summed E-state index contributed by atoms with van der Waals surface area (Å²) in [6.07, 6.45) is 3.83. The smallest absolute Gasteiger partial charge is 0.264 e. The predicted molar refractivity (Wildman–Crippen MR) is 161 cm³/mol. The van der Waals surface area contributed by atoms with E-state index in [1.54, 1.807) is 15.7 Å². The topological polar surface area (TPSA) is 101 Å². The number of amides is 1. The quantitative estimate of drug-likeness (QED) is 0.201. The van der Waals surface area contributed by atoms with Crippen molar-refractivity contribution in [1.29, 1.82) is 0 Å². The van der Waals surface area contributed by atoms with E-state index in [0.29, 0.717) is 25.2 Å². The zero-order chi connectivity index (χ0) is 27.9. The molecule has 0 bridgehead atoms. The highest BCUT2D eigenvalue weighted by atomic mass is 127. The van der Waals surface area contributed by atoms with Crippen LogP contribution in [0, 0.1) is 9.49 Å². The van der Waals surface area contributed by atoms with Crippen molar-refractivity contribution in [2.45, 2.75) is 56.1 Å². The number of carbonyl (C=O) groups is 1. The number of carbonyl (C=O) groups excluding carboxylic acids is 1. The molecule has 2 N–H and O–H groups in total. The van der Waals surface area contributed by atoms with Crippen LogP contribution in [0.2, 0.25) is 18.6 Å². The van der Waals surface area contributed by atoms with E-state index in [-0.39, 0.29) is 36.0 Å². The lowest BCUT2D eigenvalue weighted by atomic mass is 9.82. The van der Waals surface area contributed by atoms with E-state index in [4.69, 9.17) is 4.74 Å². The van der Waals surface area contributed by atoms with Gasteiger partial charge in [0.1, 0.15) is 0 Å². The van der Waals surface area contributed by atoms with Gasteiger partial charge in [0.25, 0.3) is 5.91 Å². The molecule has 2 aliphatic heterocycles. The van der Waals surface area contributed by atoms with E-state index in [1.165, 1.54) is 0 Å². The van der Waals surface area contributed by atoms with Crippen LogP contribution in [0.3, 0.4) is 0 Å². The van der Waals surface area contributed by atoms with E-state index in [9.17, 15) is 14.7 Å². The van der Waals surface area contributed by atoms with Crippen molar-refractivity contribution in [2.24, 2.45) is 5.92 Å². The van der Waals surface area contributed by atoms with Gasteiger partial charge in [0.15, 0.2) is 13.9 Å². The number of aromatic nitrogens is 3. The molecular weight excluding hydrogens is 623 g/mol. The lowest BCUT2D eigenvalue weighted by Gasteiger charge is -2.32. The molecule has 1 spiro atoms. The zero-order valence-corrected chi connectivity index (χ0v) is 25.7.